The summed E-state index contributed by atoms with van der Waals surface area (Å²) < 4.78 is 36.6. The van der Waals surface area contributed by atoms with Gasteiger partial charge in [0.05, 0.1) is 17.7 Å². The summed E-state index contributed by atoms with van der Waals surface area (Å²) in [6.45, 7) is 14.6. The lowest BCUT2D eigenvalue weighted by Crippen LogP contribution is -2.62. The van der Waals surface area contributed by atoms with E-state index in [1.54, 1.807) is 28.4 Å². The van der Waals surface area contributed by atoms with Gasteiger partial charge in [-0.3, -0.25) is 0 Å². The Kier molecular flexibility index (Phi) is 16.1. The van der Waals surface area contributed by atoms with E-state index < -0.39 is 22.7 Å². The molecule has 9 heteroatoms. The van der Waals surface area contributed by atoms with E-state index in [2.05, 4.69) is 26.9 Å². The fourth-order valence-electron chi connectivity index (χ4n) is 3.88. The number of nitrogens with two attached hydrogens (primary N) is 1. The van der Waals surface area contributed by atoms with Crippen LogP contribution in [0.4, 0.5) is 0 Å². The van der Waals surface area contributed by atoms with E-state index in [9.17, 15) is 0 Å². The molecule has 7 nitrogen and oxygen atoms in total. The Hall–Kier alpha value is 0.154. The molecule has 0 saturated heterocycles. The maximum atomic E-state index is 6.88. The Morgan fingerprint density at radius 1 is 0.667 bits per heavy atom. The van der Waals surface area contributed by atoms with Crippen LogP contribution >= 0.6 is 0 Å². The third kappa shape index (κ3) is 9.97. The van der Waals surface area contributed by atoms with Gasteiger partial charge in [-0.15, -0.1) is 0 Å². The number of rotatable bonds is 20. The molecule has 0 aliphatic carbocycles. The van der Waals surface area contributed by atoms with Crippen LogP contribution in [0, 0.1) is 0 Å². The summed E-state index contributed by atoms with van der Waals surface area (Å²) in [6.07, 6.45) is 8.03. The molecule has 2 N–H and O–H groups in total. The van der Waals surface area contributed by atoms with Gasteiger partial charge < -0.3 is 32.9 Å². The molecule has 0 bridgehead atoms. The first-order valence-electron chi connectivity index (χ1n) is 12.7. The number of hydrogen-bond donors (Lipinski definition) is 1. The van der Waals surface area contributed by atoms with Crippen LogP contribution in [0.25, 0.3) is 0 Å². The van der Waals surface area contributed by atoms with Crippen LogP contribution in [-0.2, 0) is 27.2 Å². The van der Waals surface area contributed by atoms with Gasteiger partial charge in [-0.2, -0.15) is 0 Å². The lowest BCUT2D eigenvalue weighted by molar-refractivity contribution is -0.0949. The van der Waals surface area contributed by atoms with E-state index in [1.165, 1.54) is 0 Å². The molecule has 0 aromatic carbocycles. The second kappa shape index (κ2) is 16.0. The first-order chi connectivity index (χ1) is 15.4. The highest BCUT2D eigenvalue weighted by atomic mass is 28.4. The number of ether oxygens (including phenoxy) is 2. The highest BCUT2D eigenvalue weighted by molar-refractivity contribution is 6.67. The smallest absolute Gasteiger partial charge is 0.364 e. The summed E-state index contributed by atoms with van der Waals surface area (Å²) in [6, 6.07) is 0. The Bertz CT molecular complexity index is 461. The molecular weight excluding hydrogens is 454 g/mol. The average molecular weight is 510 g/mol. The second-order valence-corrected chi connectivity index (χ2v) is 16.7. The predicted octanol–water partition coefficient (Wildman–Crippen LogP) is 5.22. The van der Waals surface area contributed by atoms with Crippen molar-refractivity contribution in [1.82, 2.24) is 0 Å². The fourth-order valence-corrected chi connectivity index (χ4v) is 7.62. The first kappa shape index (κ1) is 33.2. The largest absolute Gasteiger partial charge is 0.396 e. The molecule has 0 aliphatic rings. The summed E-state index contributed by atoms with van der Waals surface area (Å²) >= 11 is 0. The zero-order valence-electron chi connectivity index (χ0n) is 23.5. The highest BCUT2D eigenvalue weighted by Gasteiger charge is 2.47. The molecule has 4 unspecified atom stereocenters. The van der Waals surface area contributed by atoms with Crippen LogP contribution in [-0.4, -0.2) is 74.8 Å². The standard InChI is InChI=1S/C24H55NO6Si2/c1-12-14-16-18-22(32(10,26-6)27-7)30-20(3)24(5,25)21(4)31-23(19-17-15-13-2)33(11,28-8)29-9/h20-23H,12-19,25H2,1-11H3. The first-order valence-corrected chi connectivity index (χ1v) is 17.5. The highest BCUT2D eigenvalue weighted by Crippen LogP contribution is 2.29. The van der Waals surface area contributed by atoms with Crippen molar-refractivity contribution < 1.29 is 27.2 Å². The van der Waals surface area contributed by atoms with Gasteiger partial charge in [0.2, 0.25) is 0 Å². The van der Waals surface area contributed by atoms with E-state index in [4.69, 9.17) is 32.9 Å². The fraction of sp³-hybridized carbons (Fsp3) is 1.00. The summed E-state index contributed by atoms with van der Waals surface area (Å²) in [7, 11) is 1.86. The minimum Gasteiger partial charge on any atom is -0.396 e. The molecule has 4 atom stereocenters. The molecule has 0 aliphatic heterocycles. The molecule has 0 heterocycles. The van der Waals surface area contributed by atoms with Crippen molar-refractivity contribution in [2.24, 2.45) is 5.73 Å². The van der Waals surface area contributed by atoms with Crippen molar-refractivity contribution in [2.45, 2.75) is 128 Å². The van der Waals surface area contributed by atoms with Crippen molar-refractivity contribution >= 4 is 17.1 Å². The van der Waals surface area contributed by atoms with Gasteiger partial charge in [0.15, 0.2) is 0 Å². The number of hydrogen-bond acceptors (Lipinski definition) is 7. The van der Waals surface area contributed by atoms with Crippen molar-refractivity contribution in [2.75, 3.05) is 28.4 Å². The van der Waals surface area contributed by atoms with Gasteiger partial charge in [0.25, 0.3) is 0 Å². The molecule has 0 radical (unpaired) electrons. The molecule has 0 aromatic rings. The van der Waals surface area contributed by atoms with Crippen LogP contribution in [0.1, 0.15) is 86.0 Å². The molecule has 0 aromatic heterocycles. The van der Waals surface area contributed by atoms with Crippen LogP contribution in [0.15, 0.2) is 0 Å². The van der Waals surface area contributed by atoms with Crippen molar-refractivity contribution in [3.63, 3.8) is 0 Å². The van der Waals surface area contributed by atoms with Gasteiger partial charge >= 0.3 is 17.1 Å². The van der Waals surface area contributed by atoms with Gasteiger partial charge in [-0.1, -0.05) is 52.4 Å². The van der Waals surface area contributed by atoms with Crippen LogP contribution in [0.3, 0.4) is 0 Å². The summed E-state index contributed by atoms with van der Waals surface area (Å²) in [4.78, 5) is 0. The minimum atomic E-state index is -2.50. The normalized spacial score (nSPS) is 18.5. The van der Waals surface area contributed by atoms with E-state index in [0.717, 1.165) is 51.4 Å². The Morgan fingerprint density at radius 3 is 1.21 bits per heavy atom. The average Bonchev–Trinajstić information content (AvgIpc) is 2.81. The van der Waals surface area contributed by atoms with Crippen LogP contribution in [0.5, 0.6) is 0 Å². The van der Waals surface area contributed by atoms with Crippen LogP contribution in [0.2, 0.25) is 13.1 Å². The molecule has 200 valence electrons. The predicted molar refractivity (Wildman–Crippen MR) is 141 cm³/mol. The molecule has 0 rings (SSSR count). The molecule has 33 heavy (non-hydrogen) atoms. The van der Waals surface area contributed by atoms with Gasteiger partial charge in [-0.05, 0) is 46.7 Å². The Balaban J connectivity index is 5.55. The molecule has 0 spiro atoms. The van der Waals surface area contributed by atoms with Gasteiger partial charge in [0, 0.05) is 28.4 Å². The summed E-state index contributed by atoms with van der Waals surface area (Å²) in [5.74, 6) is 0. The molecule has 0 amide bonds. The third-order valence-electron chi connectivity index (χ3n) is 7.42. The minimum absolute atomic E-state index is 0.109. The maximum Gasteiger partial charge on any atom is 0.364 e. The number of unbranched alkanes of at least 4 members (excludes halogenated alkanes) is 4. The van der Waals surface area contributed by atoms with Crippen molar-refractivity contribution in [3.8, 4) is 0 Å². The van der Waals surface area contributed by atoms with Gasteiger partial charge in [-0.25, -0.2) is 0 Å². The maximum absolute atomic E-state index is 6.88. The lowest BCUT2D eigenvalue weighted by Gasteiger charge is -2.43. The molecule has 0 fully saturated rings. The van der Waals surface area contributed by atoms with Crippen molar-refractivity contribution in [1.29, 1.82) is 0 Å². The Morgan fingerprint density at radius 2 is 0.970 bits per heavy atom. The molecular formula is C24H55NO6Si2. The SMILES string of the molecule is CCCCCC(OC(C)C(C)(N)C(C)OC(CCCCC)[Si](C)(OC)OC)[Si](C)(OC)OC. The third-order valence-corrected chi connectivity index (χ3v) is 13.9. The van der Waals surface area contributed by atoms with Crippen LogP contribution < -0.4 is 5.73 Å². The van der Waals surface area contributed by atoms with E-state index in [1.807, 2.05) is 20.8 Å². The zero-order valence-corrected chi connectivity index (χ0v) is 25.5. The second-order valence-electron chi connectivity index (χ2n) is 9.74. The lowest BCUT2D eigenvalue weighted by atomic mass is 9.91. The van der Waals surface area contributed by atoms with Gasteiger partial charge in [0.1, 0.15) is 11.5 Å². The van der Waals surface area contributed by atoms with Crippen molar-refractivity contribution in [3.05, 3.63) is 0 Å². The molecule has 0 saturated carbocycles. The monoisotopic (exact) mass is 509 g/mol. The van der Waals surface area contributed by atoms with E-state index in [-0.39, 0.29) is 23.7 Å². The Labute approximate surface area is 206 Å². The quantitative estimate of drug-likeness (QED) is 0.178. The summed E-state index contributed by atoms with van der Waals surface area (Å²) in [5, 5.41) is 0. The topological polar surface area (TPSA) is 81.4 Å². The van der Waals surface area contributed by atoms with E-state index in [0.29, 0.717) is 0 Å². The summed E-state index contributed by atoms with van der Waals surface area (Å²) in [5.41, 5.74) is 5.94. The van der Waals surface area contributed by atoms with E-state index >= 15 is 0 Å². The zero-order chi connectivity index (χ0) is 25.7.